The minimum Gasteiger partial charge on any atom is 0 e. The van der Waals surface area contributed by atoms with E-state index in [-0.39, 0.29) is 21.1 Å². The van der Waals surface area contributed by atoms with Gasteiger partial charge in [0.15, 0.2) is 6.68 Å². The van der Waals surface area contributed by atoms with Crippen LogP contribution < -0.4 is 21.2 Å². The van der Waals surface area contributed by atoms with E-state index in [1.54, 1.807) is 0 Å². The summed E-state index contributed by atoms with van der Waals surface area (Å²) >= 11 is 0. The Labute approximate surface area is 253 Å². The molecule has 1 saturated carbocycles. The van der Waals surface area contributed by atoms with Gasteiger partial charge in [0.2, 0.25) is 0 Å². The van der Waals surface area contributed by atoms with Gasteiger partial charge in [0.25, 0.3) is 0 Å². The molecule has 0 spiro atoms. The van der Waals surface area contributed by atoms with Crippen LogP contribution >= 0.6 is 15.8 Å². The summed E-state index contributed by atoms with van der Waals surface area (Å²) in [5.74, 6) is 4.90. The number of benzene rings is 4. The fourth-order valence-electron chi connectivity index (χ4n) is 4.01. The first-order valence-corrected chi connectivity index (χ1v) is 15.5. The number of hydrogen-bond acceptors (Lipinski definition) is 0. The van der Waals surface area contributed by atoms with Crippen molar-refractivity contribution >= 4 is 37.1 Å². The largest absolute Gasteiger partial charge is 0 e. The monoisotopic (exact) mass is 661 g/mol. The van der Waals surface area contributed by atoms with Gasteiger partial charge in [-0.15, -0.1) is 0 Å². The van der Waals surface area contributed by atoms with Crippen LogP contribution in [0.2, 0.25) is 0 Å². The Morgan fingerprint density at radius 3 is 0.825 bits per heavy atom. The molecule has 40 heavy (non-hydrogen) atoms. The molecule has 0 aromatic heterocycles. The minimum absolute atomic E-state index is 0. The molecule has 4 aromatic carbocycles. The first-order valence-electron chi connectivity index (χ1n) is 12.7. The molecule has 7 heteroatoms. The Morgan fingerprint density at radius 1 is 0.475 bits per heavy atom. The van der Waals surface area contributed by atoms with Gasteiger partial charge in [-0.2, -0.15) is 0 Å². The predicted molar refractivity (Wildman–Crippen MR) is 161 cm³/mol. The molecule has 1 nitrogen and oxygen atoms in total. The van der Waals surface area contributed by atoms with Crippen LogP contribution in [0.25, 0.3) is 0 Å². The van der Waals surface area contributed by atoms with Crippen molar-refractivity contribution in [3.05, 3.63) is 146 Å². The van der Waals surface area contributed by atoms with Crippen LogP contribution in [-0.4, -0.2) is 0 Å². The van der Waals surface area contributed by atoms with E-state index in [9.17, 15) is 13.2 Å². The zero-order valence-electron chi connectivity index (χ0n) is 22.1. The molecule has 0 atom stereocenters. The second-order valence-electron chi connectivity index (χ2n) is 8.36. The van der Waals surface area contributed by atoms with Gasteiger partial charge in [0, 0.05) is 21.1 Å². The molecule has 1 aliphatic rings. The van der Waals surface area contributed by atoms with Crippen LogP contribution in [0.5, 0.6) is 0 Å². The van der Waals surface area contributed by atoms with Gasteiger partial charge in [0.1, 0.15) is 0 Å². The predicted octanol–water partition coefficient (Wildman–Crippen LogP) is 8.98. The van der Waals surface area contributed by atoms with E-state index in [0.29, 0.717) is 0 Å². The summed E-state index contributed by atoms with van der Waals surface area (Å²) in [6.07, 6.45) is 7.50. The maximum atomic E-state index is 9.58. The van der Waals surface area contributed by atoms with E-state index in [0.717, 1.165) is 0 Å². The summed E-state index contributed by atoms with van der Waals surface area (Å²) in [7, 11) is -1.06. The van der Waals surface area contributed by atoms with Crippen molar-refractivity contribution in [2.45, 2.75) is 32.1 Å². The van der Waals surface area contributed by atoms with Gasteiger partial charge in [-0.25, -0.2) is 0 Å². The molecule has 0 bridgehead atoms. The van der Waals surface area contributed by atoms with Gasteiger partial charge < -0.3 is 13.2 Å². The molecule has 4 aromatic rings. The normalized spacial score (nSPS) is 11.9. The van der Waals surface area contributed by atoms with Crippen LogP contribution in [-0.2, 0) is 25.7 Å². The fourth-order valence-corrected chi connectivity index (χ4v) is 8.34. The van der Waals surface area contributed by atoms with Gasteiger partial charge >= 0.3 is 11.3 Å². The van der Waals surface area contributed by atoms with Crippen molar-refractivity contribution in [2.24, 2.45) is 0 Å². The third kappa shape index (κ3) is 13.9. The smallest absolute Gasteiger partial charge is 0 e. The van der Waals surface area contributed by atoms with Crippen molar-refractivity contribution in [3.63, 3.8) is 0 Å². The van der Waals surface area contributed by atoms with E-state index < -0.39 is 22.5 Å². The zero-order valence-corrected chi connectivity index (χ0v) is 25.9. The van der Waals surface area contributed by atoms with Crippen molar-refractivity contribution in [1.82, 2.24) is 0 Å². The summed E-state index contributed by atoms with van der Waals surface area (Å²) in [5.41, 5.74) is 0. The average Bonchev–Trinajstić information content (AvgIpc) is 3.59. The number of rotatable bonds is 6. The Hall–Kier alpha value is -2.30. The summed E-state index contributed by atoms with van der Waals surface area (Å²) in [4.78, 5) is 0. The van der Waals surface area contributed by atoms with E-state index in [4.69, 9.17) is 4.65 Å². The van der Waals surface area contributed by atoms with E-state index in [2.05, 4.69) is 140 Å². The molecule has 0 radical (unpaired) electrons. The molecule has 208 valence electrons. The maximum absolute atomic E-state index is 9.58. The van der Waals surface area contributed by atoms with E-state index in [1.165, 1.54) is 53.3 Å². The molecule has 5 rings (SSSR count). The number of halogens is 3. The van der Waals surface area contributed by atoms with Crippen LogP contribution in [0.1, 0.15) is 32.1 Å². The van der Waals surface area contributed by atoms with Gasteiger partial charge in [-0.3, -0.25) is 0 Å². The van der Waals surface area contributed by atoms with Gasteiger partial charge in [-0.1, -0.05) is 165 Å². The minimum atomic E-state index is -3.08. The topological polar surface area (TPSA) is 19.9 Å². The van der Waals surface area contributed by atoms with E-state index in [1.807, 2.05) is 0 Å². The van der Waals surface area contributed by atoms with Crippen molar-refractivity contribution in [2.75, 3.05) is 0 Å². The van der Waals surface area contributed by atoms with Crippen LogP contribution in [0.3, 0.4) is 0 Å². The third-order valence-corrected chi connectivity index (χ3v) is 10.3. The molecule has 1 aliphatic carbocycles. The summed E-state index contributed by atoms with van der Waals surface area (Å²) in [6, 6.07) is 43.4. The van der Waals surface area contributed by atoms with Crippen LogP contribution in [0.15, 0.2) is 133 Å². The number of hydrogen-bond donors (Lipinski definition) is 0. The van der Waals surface area contributed by atoms with Crippen molar-refractivity contribution in [1.29, 1.82) is 0 Å². The Kier molecular flexibility index (Phi) is 20.0. The van der Waals surface area contributed by atoms with Crippen LogP contribution in [0, 0.1) is 13.3 Å². The summed E-state index contributed by atoms with van der Waals surface area (Å²) < 4.78 is 36.2. The summed E-state index contributed by atoms with van der Waals surface area (Å²) in [6.45, 7) is 1.42. The second kappa shape index (κ2) is 22.4. The molecular formula is C33H32F3MoOP2-. The molecular weight excluding hydrogens is 627 g/mol. The Balaban J connectivity index is 0.000000567. The first-order chi connectivity index (χ1) is 19.1. The standard InChI is InChI=1S/C26H22P2.C5H10.CF3.CO.Mo/c1-5-13-23(14-6-1)27(24-15-7-2-8-16-24)21-22-28(25-17-9-3-10-18-25)26-19-11-4-12-20-26;1-2-4-5-3-1;2-1(3)4;1-2;/h1-22H;1-5H2;;;/q;;-1;;/b22-21-;;;;. The van der Waals surface area contributed by atoms with Crippen molar-refractivity contribution in [3.8, 4) is 0 Å². The molecule has 0 amide bonds. The molecule has 0 aliphatic heterocycles. The fraction of sp³-hybridized carbons (Fsp3) is 0.152. The second-order valence-corrected chi connectivity index (χ2v) is 12.5. The third-order valence-electron chi connectivity index (χ3n) is 5.75. The molecule has 1 fully saturated rings. The summed E-state index contributed by atoms with van der Waals surface area (Å²) in [5, 5.41) is 5.54. The van der Waals surface area contributed by atoms with Gasteiger partial charge in [0.05, 0.1) is 0 Å². The van der Waals surface area contributed by atoms with Crippen molar-refractivity contribution < 1.29 is 38.9 Å². The zero-order chi connectivity index (χ0) is 28.1. The molecule has 0 saturated heterocycles. The molecule has 0 unspecified atom stereocenters. The first kappa shape index (κ1) is 35.7. The quantitative estimate of drug-likeness (QED) is 0.0853. The van der Waals surface area contributed by atoms with E-state index >= 15 is 0 Å². The van der Waals surface area contributed by atoms with Crippen LogP contribution in [0.4, 0.5) is 13.2 Å². The average molecular weight is 660 g/mol. The Bertz CT molecular complexity index is 1020. The molecule has 0 N–H and O–H groups in total. The van der Waals surface area contributed by atoms with Gasteiger partial charge in [-0.05, 0) is 37.1 Å². The Morgan fingerprint density at radius 2 is 0.650 bits per heavy atom. The maximum Gasteiger partial charge on any atom is 0 e. The SMILES string of the molecule is C(=C/P(c1ccccc1)c1ccccc1)/P(c1ccccc1)c1ccccc1.C1CCCC1.F[C-](F)F.[C-]#[O+].[Mo]. The molecule has 0 heterocycles.